The minimum Gasteiger partial charge on any atom is -0.456 e. The van der Waals surface area contributed by atoms with E-state index < -0.39 is 36.6 Å². The predicted octanol–water partition coefficient (Wildman–Crippen LogP) is 1.38. The first kappa shape index (κ1) is 17.8. The van der Waals surface area contributed by atoms with Crippen LogP contribution in [0.3, 0.4) is 0 Å². The number of hydrogen-bond donors (Lipinski definition) is 1. The number of esters is 1. The largest absolute Gasteiger partial charge is 0.456 e. The second-order valence-electron chi connectivity index (χ2n) is 5.18. The molecule has 120 valence electrons. The Labute approximate surface area is 132 Å². The molecule has 0 atom stereocenters. The number of amides is 1. The Morgan fingerprint density at radius 1 is 1.23 bits per heavy atom. The van der Waals surface area contributed by atoms with Crippen LogP contribution in [0.25, 0.3) is 0 Å². The SMILES string of the molecule is CC(C)(C)OC(=O)NCC(=O)OCC(=O)c1cnc(Cl)nc1. The highest BCUT2D eigenvalue weighted by Gasteiger charge is 2.17. The number of carbonyl (C=O) groups excluding carboxylic acids is 3. The Kier molecular flexibility index (Phi) is 6.24. The first-order valence-corrected chi connectivity index (χ1v) is 6.68. The van der Waals surface area contributed by atoms with Crippen molar-refractivity contribution in [3.63, 3.8) is 0 Å². The van der Waals surface area contributed by atoms with Crippen molar-refractivity contribution in [2.75, 3.05) is 13.2 Å². The fourth-order valence-corrected chi connectivity index (χ4v) is 1.29. The second-order valence-corrected chi connectivity index (χ2v) is 5.52. The molecule has 1 amide bonds. The quantitative estimate of drug-likeness (QED) is 0.494. The summed E-state index contributed by atoms with van der Waals surface area (Å²) in [6.45, 7) is 4.19. The molecule has 9 heteroatoms. The van der Waals surface area contributed by atoms with Crippen LogP contribution in [0.15, 0.2) is 12.4 Å². The maximum atomic E-state index is 11.7. The van der Waals surface area contributed by atoms with Crippen LogP contribution in [0.1, 0.15) is 31.1 Å². The van der Waals surface area contributed by atoms with Gasteiger partial charge in [0.2, 0.25) is 11.1 Å². The van der Waals surface area contributed by atoms with Crippen LogP contribution in [0, 0.1) is 0 Å². The molecule has 0 fully saturated rings. The molecule has 0 spiro atoms. The third-order valence-electron chi connectivity index (χ3n) is 2.08. The number of nitrogens with one attached hydrogen (secondary N) is 1. The number of nitrogens with zero attached hydrogens (tertiary/aromatic N) is 2. The zero-order chi connectivity index (χ0) is 16.8. The Morgan fingerprint density at radius 2 is 1.82 bits per heavy atom. The molecule has 0 saturated carbocycles. The van der Waals surface area contributed by atoms with E-state index in [1.165, 1.54) is 12.4 Å². The molecule has 8 nitrogen and oxygen atoms in total. The smallest absolute Gasteiger partial charge is 0.408 e. The molecule has 1 N–H and O–H groups in total. The van der Waals surface area contributed by atoms with E-state index in [4.69, 9.17) is 21.1 Å². The predicted molar refractivity (Wildman–Crippen MR) is 76.6 cm³/mol. The molecule has 22 heavy (non-hydrogen) atoms. The molecule has 0 aliphatic rings. The lowest BCUT2D eigenvalue weighted by Gasteiger charge is -2.19. The summed E-state index contributed by atoms with van der Waals surface area (Å²) in [4.78, 5) is 41.7. The van der Waals surface area contributed by atoms with Crippen LogP contribution in [-0.4, -0.2) is 46.6 Å². The molecule has 1 rings (SSSR count). The second kappa shape index (κ2) is 7.69. The van der Waals surface area contributed by atoms with E-state index >= 15 is 0 Å². The van der Waals surface area contributed by atoms with Crippen LogP contribution in [0.2, 0.25) is 5.28 Å². The summed E-state index contributed by atoms with van der Waals surface area (Å²) in [5.74, 6) is -1.25. The van der Waals surface area contributed by atoms with E-state index in [9.17, 15) is 14.4 Å². The number of ether oxygens (including phenoxy) is 2. The third-order valence-corrected chi connectivity index (χ3v) is 2.28. The summed E-state index contributed by atoms with van der Waals surface area (Å²) in [5.41, 5.74) is -0.504. The fraction of sp³-hybridized carbons (Fsp3) is 0.462. The van der Waals surface area contributed by atoms with Gasteiger partial charge in [0, 0.05) is 12.4 Å². The number of halogens is 1. The molecule has 0 bridgehead atoms. The number of carbonyl (C=O) groups is 3. The highest BCUT2D eigenvalue weighted by molar-refractivity contribution is 6.28. The van der Waals surface area contributed by atoms with Crippen LogP contribution >= 0.6 is 11.6 Å². The fourth-order valence-electron chi connectivity index (χ4n) is 1.20. The standard InChI is InChI=1S/C13H16ClN3O5/c1-13(2,3)22-12(20)17-6-10(19)21-7-9(18)8-4-15-11(14)16-5-8/h4-5H,6-7H2,1-3H3,(H,17,20). The van der Waals surface area contributed by atoms with Crippen molar-refractivity contribution in [1.82, 2.24) is 15.3 Å². The van der Waals surface area contributed by atoms with E-state index in [0.29, 0.717) is 0 Å². The molecule has 1 heterocycles. The van der Waals surface area contributed by atoms with E-state index in [-0.39, 0.29) is 10.8 Å². The van der Waals surface area contributed by atoms with Crippen molar-refractivity contribution < 1.29 is 23.9 Å². The zero-order valence-corrected chi connectivity index (χ0v) is 13.1. The molecule has 0 aromatic carbocycles. The molecule has 0 aliphatic carbocycles. The van der Waals surface area contributed by atoms with Crippen molar-refractivity contribution in [2.24, 2.45) is 0 Å². The summed E-state index contributed by atoms with van der Waals surface area (Å²) in [5, 5.41) is 2.23. The van der Waals surface area contributed by atoms with Gasteiger partial charge in [-0.3, -0.25) is 9.59 Å². The summed E-state index contributed by atoms with van der Waals surface area (Å²) in [7, 11) is 0. The summed E-state index contributed by atoms with van der Waals surface area (Å²) in [6.07, 6.45) is 1.71. The molecular weight excluding hydrogens is 314 g/mol. The topological polar surface area (TPSA) is 107 Å². The van der Waals surface area contributed by atoms with Crippen LogP contribution in [0.5, 0.6) is 0 Å². The van der Waals surface area contributed by atoms with Gasteiger partial charge in [-0.1, -0.05) is 0 Å². The monoisotopic (exact) mass is 329 g/mol. The lowest BCUT2D eigenvalue weighted by molar-refractivity contribution is -0.141. The third kappa shape index (κ3) is 6.98. The molecule has 1 aromatic heterocycles. The van der Waals surface area contributed by atoms with Crippen molar-refractivity contribution in [1.29, 1.82) is 0 Å². The van der Waals surface area contributed by atoms with Crippen molar-refractivity contribution >= 4 is 29.4 Å². The average molecular weight is 330 g/mol. The van der Waals surface area contributed by atoms with Gasteiger partial charge in [0.15, 0.2) is 6.61 Å². The highest BCUT2D eigenvalue weighted by Crippen LogP contribution is 2.06. The minimum atomic E-state index is -0.769. The molecule has 1 aromatic rings. The first-order chi connectivity index (χ1) is 10.2. The molecular formula is C13H16ClN3O5. The van der Waals surface area contributed by atoms with E-state index in [0.717, 1.165) is 0 Å². The van der Waals surface area contributed by atoms with Crippen LogP contribution in [0.4, 0.5) is 4.79 Å². The lowest BCUT2D eigenvalue weighted by atomic mass is 10.2. The van der Waals surface area contributed by atoms with Gasteiger partial charge in [0.1, 0.15) is 12.1 Å². The molecule has 0 radical (unpaired) electrons. The van der Waals surface area contributed by atoms with E-state index in [1.807, 2.05) is 0 Å². The number of hydrogen-bond acceptors (Lipinski definition) is 7. The molecule has 0 saturated heterocycles. The zero-order valence-electron chi connectivity index (χ0n) is 12.4. The molecule has 0 aliphatic heterocycles. The minimum absolute atomic E-state index is 0.00936. The Balaban J connectivity index is 2.32. The van der Waals surface area contributed by atoms with Gasteiger partial charge in [-0.05, 0) is 32.4 Å². The van der Waals surface area contributed by atoms with Gasteiger partial charge in [-0.15, -0.1) is 0 Å². The molecule has 0 unspecified atom stereocenters. The van der Waals surface area contributed by atoms with Gasteiger partial charge >= 0.3 is 12.1 Å². The number of aromatic nitrogens is 2. The average Bonchev–Trinajstić information content (AvgIpc) is 2.41. The van der Waals surface area contributed by atoms with Crippen molar-refractivity contribution in [3.05, 3.63) is 23.2 Å². The maximum absolute atomic E-state index is 11.7. The number of alkyl carbamates (subject to hydrolysis) is 1. The summed E-state index contributed by atoms with van der Waals surface area (Å²) < 4.78 is 9.66. The highest BCUT2D eigenvalue weighted by atomic mass is 35.5. The maximum Gasteiger partial charge on any atom is 0.408 e. The Hall–Kier alpha value is -2.22. The van der Waals surface area contributed by atoms with Crippen molar-refractivity contribution in [3.8, 4) is 0 Å². The number of ketones is 1. The van der Waals surface area contributed by atoms with Crippen LogP contribution in [-0.2, 0) is 14.3 Å². The number of Topliss-reactive ketones (excluding diaryl/α,β-unsaturated/α-hetero) is 1. The normalized spacial score (nSPS) is 10.7. The van der Waals surface area contributed by atoms with E-state index in [1.54, 1.807) is 20.8 Å². The van der Waals surface area contributed by atoms with Gasteiger partial charge in [-0.2, -0.15) is 0 Å². The summed E-state index contributed by atoms with van der Waals surface area (Å²) >= 11 is 5.49. The van der Waals surface area contributed by atoms with Gasteiger partial charge in [-0.25, -0.2) is 14.8 Å². The summed E-state index contributed by atoms with van der Waals surface area (Å²) in [6, 6.07) is 0. The van der Waals surface area contributed by atoms with Gasteiger partial charge < -0.3 is 14.8 Å². The van der Waals surface area contributed by atoms with Crippen LogP contribution < -0.4 is 5.32 Å². The number of rotatable bonds is 5. The van der Waals surface area contributed by atoms with E-state index in [2.05, 4.69) is 15.3 Å². The van der Waals surface area contributed by atoms with Crippen molar-refractivity contribution in [2.45, 2.75) is 26.4 Å². The Morgan fingerprint density at radius 3 is 2.36 bits per heavy atom. The van der Waals surface area contributed by atoms with Gasteiger partial charge in [0.05, 0.1) is 5.56 Å². The van der Waals surface area contributed by atoms with Gasteiger partial charge in [0.25, 0.3) is 0 Å². The first-order valence-electron chi connectivity index (χ1n) is 6.30. The lowest BCUT2D eigenvalue weighted by Crippen LogP contribution is -2.36. The Bertz CT molecular complexity index is 554.